The summed E-state index contributed by atoms with van der Waals surface area (Å²) in [5.74, 6) is 0. The summed E-state index contributed by atoms with van der Waals surface area (Å²) in [5, 5.41) is 0. The van der Waals surface area contributed by atoms with Gasteiger partial charge in [-0.05, 0) is 12.5 Å². The van der Waals surface area contributed by atoms with Crippen LogP contribution in [-0.4, -0.2) is 24.0 Å². The molecule has 1 heterocycles. The standard InChI is InChI=1S/C8H12F3N3/c1-2-7(13)4-14-6(3-5(7)12)8(9,10)11/h3H,2,4,12-13H2,1H3. The topological polar surface area (TPSA) is 64.4 Å². The van der Waals surface area contributed by atoms with Gasteiger partial charge < -0.3 is 11.5 Å². The van der Waals surface area contributed by atoms with Gasteiger partial charge >= 0.3 is 6.18 Å². The summed E-state index contributed by atoms with van der Waals surface area (Å²) in [7, 11) is 0. The first-order valence-electron chi connectivity index (χ1n) is 4.18. The van der Waals surface area contributed by atoms with Crippen LogP contribution in [0.15, 0.2) is 16.8 Å². The van der Waals surface area contributed by atoms with Crippen LogP contribution in [0.4, 0.5) is 13.2 Å². The number of dihydropyridines is 1. The van der Waals surface area contributed by atoms with Gasteiger partial charge in [0.05, 0.1) is 12.1 Å². The van der Waals surface area contributed by atoms with E-state index < -0.39 is 17.4 Å². The van der Waals surface area contributed by atoms with Crippen molar-refractivity contribution in [3.8, 4) is 0 Å². The van der Waals surface area contributed by atoms with E-state index in [4.69, 9.17) is 11.5 Å². The molecular weight excluding hydrogens is 195 g/mol. The molecule has 14 heavy (non-hydrogen) atoms. The Balaban J connectivity index is 2.95. The number of hydrogen-bond donors (Lipinski definition) is 2. The molecule has 0 aromatic carbocycles. The largest absolute Gasteiger partial charge is 0.432 e. The average molecular weight is 207 g/mol. The fourth-order valence-corrected chi connectivity index (χ4v) is 1.14. The van der Waals surface area contributed by atoms with Gasteiger partial charge in [0.2, 0.25) is 0 Å². The van der Waals surface area contributed by atoms with E-state index in [1.54, 1.807) is 6.92 Å². The predicted molar refractivity (Wildman–Crippen MR) is 47.8 cm³/mol. The van der Waals surface area contributed by atoms with Crippen LogP contribution >= 0.6 is 0 Å². The van der Waals surface area contributed by atoms with E-state index >= 15 is 0 Å². The molecule has 80 valence electrons. The van der Waals surface area contributed by atoms with Crippen LogP contribution in [0.5, 0.6) is 0 Å². The van der Waals surface area contributed by atoms with Crippen molar-refractivity contribution in [3.05, 3.63) is 11.8 Å². The summed E-state index contributed by atoms with van der Waals surface area (Å²) in [5.41, 5.74) is 9.37. The van der Waals surface area contributed by atoms with Gasteiger partial charge in [-0.3, -0.25) is 4.99 Å². The van der Waals surface area contributed by atoms with Gasteiger partial charge in [0, 0.05) is 5.70 Å². The van der Waals surface area contributed by atoms with E-state index in [1.807, 2.05) is 0 Å². The molecule has 3 nitrogen and oxygen atoms in total. The first-order chi connectivity index (χ1) is 6.29. The zero-order valence-electron chi connectivity index (χ0n) is 7.73. The Morgan fingerprint density at radius 1 is 1.57 bits per heavy atom. The molecule has 0 saturated heterocycles. The molecule has 0 fully saturated rings. The number of nitrogens with zero attached hydrogens (tertiary/aromatic N) is 1. The summed E-state index contributed by atoms with van der Waals surface area (Å²) in [6, 6.07) is 0. The van der Waals surface area contributed by atoms with Gasteiger partial charge in [-0.25, -0.2) is 0 Å². The zero-order valence-corrected chi connectivity index (χ0v) is 7.73. The summed E-state index contributed by atoms with van der Waals surface area (Å²) < 4.78 is 36.6. The second-order valence-corrected chi connectivity index (χ2v) is 3.31. The van der Waals surface area contributed by atoms with E-state index in [0.29, 0.717) is 6.42 Å². The molecule has 0 radical (unpaired) electrons. The maximum absolute atomic E-state index is 12.2. The number of allylic oxidation sites excluding steroid dienone is 1. The van der Waals surface area contributed by atoms with Crippen LogP contribution in [0, 0.1) is 0 Å². The Hall–Kier alpha value is -1.04. The van der Waals surface area contributed by atoms with Gasteiger partial charge in [0.15, 0.2) is 0 Å². The molecule has 1 rings (SSSR count). The summed E-state index contributed by atoms with van der Waals surface area (Å²) in [4.78, 5) is 3.39. The minimum atomic E-state index is -4.44. The molecule has 0 aromatic rings. The Bertz CT molecular complexity index is 293. The minimum absolute atomic E-state index is 0.0438. The molecule has 0 saturated carbocycles. The fourth-order valence-electron chi connectivity index (χ4n) is 1.14. The smallest absolute Gasteiger partial charge is 0.400 e. The monoisotopic (exact) mass is 207 g/mol. The highest BCUT2D eigenvalue weighted by molar-refractivity contribution is 6.00. The molecule has 1 atom stereocenters. The van der Waals surface area contributed by atoms with Crippen molar-refractivity contribution in [2.24, 2.45) is 16.5 Å². The molecule has 4 N–H and O–H groups in total. The molecule has 0 spiro atoms. The van der Waals surface area contributed by atoms with Crippen molar-refractivity contribution in [2.45, 2.75) is 25.1 Å². The van der Waals surface area contributed by atoms with E-state index in [2.05, 4.69) is 4.99 Å². The van der Waals surface area contributed by atoms with Crippen molar-refractivity contribution in [2.75, 3.05) is 6.54 Å². The predicted octanol–water partition coefficient (Wildman–Crippen LogP) is 0.953. The van der Waals surface area contributed by atoms with Gasteiger partial charge in [-0.2, -0.15) is 13.2 Å². The Morgan fingerprint density at radius 2 is 2.14 bits per heavy atom. The SMILES string of the molecule is CCC1(N)CN=C(C(F)(F)F)C=C1N. The average Bonchev–Trinajstić information content (AvgIpc) is 2.08. The highest BCUT2D eigenvalue weighted by atomic mass is 19.4. The van der Waals surface area contributed by atoms with Crippen molar-refractivity contribution in [1.82, 2.24) is 0 Å². The van der Waals surface area contributed by atoms with Gasteiger partial charge in [0.25, 0.3) is 0 Å². The van der Waals surface area contributed by atoms with Crippen LogP contribution < -0.4 is 11.5 Å². The van der Waals surface area contributed by atoms with Crippen LogP contribution in [-0.2, 0) is 0 Å². The first-order valence-corrected chi connectivity index (χ1v) is 4.18. The fraction of sp³-hybridized carbons (Fsp3) is 0.625. The van der Waals surface area contributed by atoms with Gasteiger partial charge in [-0.15, -0.1) is 0 Å². The maximum Gasteiger partial charge on any atom is 0.432 e. The lowest BCUT2D eigenvalue weighted by Crippen LogP contribution is -2.50. The van der Waals surface area contributed by atoms with Crippen LogP contribution in [0.2, 0.25) is 0 Å². The zero-order chi connectivity index (χ0) is 11.0. The number of alkyl halides is 3. The number of nitrogens with two attached hydrogens (primary N) is 2. The van der Waals surface area contributed by atoms with Crippen molar-refractivity contribution < 1.29 is 13.2 Å². The Labute approximate surface area is 79.7 Å². The Morgan fingerprint density at radius 3 is 2.50 bits per heavy atom. The lowest BCUT2D eigenvalue weighted by atomic mass is 9.90. The molecule has 1 aliphatic heterocycles. The number of aliphatic imine (C=N–C) groups is 1. The van der Waals surface area contributed by atoms with Crippen molar-refractivity contribution in [3.63, 3.8) is 0 Å². The number of halogens is 3. The summed E-state index contributed by atoms with van der Waals surface area (Å²) >= 11 is 0. The number of rotatable bonds is 1. The van der Waals surface area contributed by atoms with Gasteiger partial charge in [0.1, 0.15) is 5.71 Å². The summed E-state index contributed by atoms with van der Waals surface area (Å²) in [6.45, 7) is 1.65. The molecule has 0 bridgehead atoms. The second kappa shape index (κ2) is 3.27. The lowest BCUT2D eigenvalue weighted by molar-refractivity contribution is -0.0581. The van der Waals surface area contributed by atoms with Crippen LogP contribution in [0.1, 0.15) is 13.3 Å². The first kappa shape index (κ1) is 11.0. The summed E-state index contributed by atoms with van der Waals surface area (Å²) in [6.07, 6.45) is -3.17. The van der Waals surface area contributed by atoms with Gasteiger partial charge in [-0.1, -0.05) is 6.92 Å². The molecule has 0 aromatic heterocycles. The van der Waals surface area contributed by atoms with E-state index in [0.717, 1.165) is 6.08 Å². The molecule has 0 amide bonds. The normalized spacial score (nSPS) is 28.4. The molecule has 6 heteroatoms. The third-order valence-electron chi connectivity index (χ3n) is 2.32. The van der Waals surface area contributed by atoms with Crippen molar-refractivity contribution >= 4 is 5.71 Å². The third kappa shape index (κ3) is 1.89. The third-order valence-corrected chi connectivity index (χ3v) is 2.32. The minimum Gasteiger partial charge on any atom is -0.400 e. The van der Waals surface area contributed by atoms with E-state index in [9.17, 15) is 13.2 Å². The molecule has 0 aliphatic carbocycles. The second-order valence-electron chi connectivity index (χ2n) is 3.31. The quantitative estimate of drug-likeness (QED) is 0.672. The lowest BCUT2D eigenvalue weighted by Gasteiger charge is -2.30. The van der Waals surface area contributed by atoms with Crippen molar-refractivity contribution in [1.29, 1.82) is 0 Å². The van der Waals surface area contributed by atoms with E-state index in [1.165, 1.54) is 0 Å². The number of hydrogen-bond acceptors (Lipinski definition) is 3. The van der Waals surface area contributed by atoms with Crippen LogP contribution in [0.3, 0.4) is 0 Å². The van der Waals surface area contributed by atoms with E-state index in [-0.39, 0.29) is 12.2 Å². The maximum atomic E-state index is 12.2. The molecule has 1 aliphatic rings. The highest BCUT2D eigenvalue weighted by Gasteiger charge is 2.39. The van der Waals surface area contributed by atoms with Crippen LogP contribution in [0.25, 0.3) is 0 Å². The molecular formula is C8H12F3N3. The Kier molecular flexibility index (Phi) is 2.58. The highest BCUT2D eigenvalue weighted by Crippen LogP contribution is 2.25. The molecule has 1 unspecified atom stereocenters.